The van der Waals surface area contributed by atoms with Crippen LogP contribution in [0.2, 0.25) is 0 Å². The molecule has 4 atom stereocenters. The zero-order valence-electron chi connectivity index (χ0n) is 24.2. The molecule has 0 aliphatic carbocycles. The number of anilines is 1. The highest BCUT2D eigenvalue weighted by Gasteiger charge is 2.39. The van der Waals surface area contributed by atoms with E-state index in [0.717, 1.165) is 21.7 Å². The minimum atomic E-state index is -0.740. The van der Waals surface area contributed by atoms with Gasteiger partial charge in [0.05, 0.1) is 26.0 Å². The summed E-state index contributed by atoms with van der Waals surface area (Å²) in [5.74, 6) is -0.202. The van der Waals surface area contributed by atoms with Crippen LogP contribution in [0.3, 0.4) is 0 Å². The number of benzene rings is 4. The molecule has 13 nitrogen and oxygen atoms in total. The largest absolute Gasteiger partial charge is 0.394 e. The Kier molecular flexibility index (Phi) is 7.77. The highest BCUT2D eigenvalue weighted by molar-refractivity contribution is 6.23. The maximum absolute atomic E-state index is 12.9. The molecule has 6 aromatic rings. The number of rotatable bonds is 11. The van der Waals surface area contributed by atoms with Gasteiger partial charge in [0.15, 0.2) is 11.2 Å². The number of nitrogens with two attached hydrogens (primary N) is 1. The number of H-pyrrole nitrogens is 1. The van der Waals surface area contributed by atoms with Gasteiger partial charge in [-0.2, -0.15) is 4.98 Å². The van der Waals surface area contributed by atoms with Crippen molar-refractivity contribution in [2.24, 2.45) is 0 Å². The molecule has 7 rings (SSSR count). The van der Waals surface area contributed by atoms with Crippen molar-refractivity contribution in [1.29, 1.82) is 0 Å². The molecule has 3 heterocycles. The zero-order chi connectivity index (χ0) is 31.1. The number of amides is 1. The summed E-state index contributed by atoms with van der Waals surface area (Å²) >= 11 is 0. The van der Waals surface area contributed by atoms with Crippen LogP contribution in [-0.4, -0.2) is 73.7 Å². The van der Waals surface area contributed by atoms with Gasteiger partial charge in [0.1, 0.15) is 24.5 Å². The highest BCUT2D eigenvalue weighted by atomic mass is 17.2. The van der Waals surface area contributed by atoms with Crippen LogP contribution in [0, 0.1) is 0 Å². The van der Waals surface area contributed by atoms with Crippen molar-refractivity contribution in [3.8, 4) is 0 Å². The Morgan fingerprint density at radius 3 is 2.64 bits per heavy atom. The smallest absolute Gasteiger partial charge is 0.280 e. The van der Waals surface area contributed by atoms with Crippen LogP contribution in [0.25, 0.3) is 43.5 Å². The van der Waals surface area contributed by atoms with Crippen molar-refractivity contribution < 1.29 is 29.5 Å². The molecule has 0 saturated carbocycles. The number of fused-ring (bicyclic) bond motifs is 1. The molecule has 45 heavy (non-hydrogen) atoms. The summed E-state index contributed by atoms with van der Waals surface area (Å²) in [7, 11) is 0. The van der Waals surface area contributed by atoms with Crippen molar-refractivity contribution in [2.75, 3.05) is 25.5 Å². The number of aliphatic hydroxyl groups excluding tert-OH is 2. The number of hydrogen-bond acceptors (Lipinski definition) is 10. The number of imidazole rings is 1. The van der Waals surface area contributed by atoms with Gasteiger partial charge in [-0.05, 0) is 44.3 Å². The monoisotopic (exact) mass is 612 g/mol. The Labute approximate surface area is 255 Å². The predicted molar refractivity (Wildman–Crippen MR) is 166 cm³/mol. The molecule has 2 aromatic heterocycles. The van der Waals surface area contributed by atoms with E-state index in [9.17, 15) is 19.8 Å². The summed E-state index contributed by atoms with van der Waals surface area (Å²) in [4.78, 5) is 46.8. The van der Waals surface area contributed by atoms with Gasteiger partial charge in [-0.3, -0.25) is 19.1 Å². The Balaban J connectivity index is 0.949. The first-order valence-electron chi connectivity index (χ1n) is 14.8. The van der Waals surface area contributed by atoms with E-state index in [1.54, 1.807) is 4.57 Å². The van der Waals surface area contributed by atoms with E-state index < -0.39 is 30.1 Å². The molecule has 1 aliphatic rings. The van der Waals surface area contributed by atoms with Crippen LogP contribution < -0.4 is 16.6 Å². The van der Waals surface area contributed by atoms with E-state index in [1.807, 2.05) is 6.07 Å². The van der Waals surface area contributed by atoms with Gasteiger partial charge < -0.3 is 26.0 Å². The fourth-order valence-corrected chi connectivity index (χ4v) is 6.17. The third-order valence-electron chi connectivity index (χ3n) is 8.40. The van der Waals surface area contributed by atoms with E-state index in [-0.39, 0.29) is 55.6 Å². The van der Waals surface area contributed by atoms with Gasteiger partial charge >= 0.3 is 0 Å². The average Bonchev–Trinajstić information content (AvgIpc) is 3.66. The van der Waals surface area contributed by atoms with E-state index in [4.69, 9.17) is 20.2 Å². The number of nitrogens with one attached hydrogen (secondary N) is 2. The quantitative estimate of drug-likeness (QED) is 0.0826. The van der Waals surface area contributed by atoms with E-state index in [1.165, 1.54) is 22.5 Å². The number of nitrogens with zero attached hydrogens (tertiary/aromatic N) is 3. The molecule has 1 saturated heterocycles. The topological polar surface area (TPSA) is 187 Å². The Morgan fingerprint density at radius 1 is 1.11 bits per heavy atom. The van der Waals surface area contributed by atoms with E-state index >= 15 is 0 Å². The number of ether oxygens (including phenoxy) is 1. The molecule has 13 heteroatoms. The van der Waals surface area contributed by atoms with Crippen molar-refractivity contribution in [2.45, 2.75) is 43.8 Å². The van der Waals surface area contributed by atoms with Crippen molar-refractivity contribution >= 4 is 55.3 Å². The van der Waals surface area contributed by atoms with Crippen molar-refractivity contribution in [3.05, 3.63) is 76.8 Å². The molecule has 4 aromatic carbocycles. The summed E-state index contributed by atoms with van der Waals surface area (Å²) in [6.07, 6.45) is -0.640. The lowest BCUT2D eigenvalue weighted by atomic mass is 9.91. The first kappa shape index (κ1) is 29.1. The Morgan fingerprint density at radius 2 is 1.87 bits per heavy atom. The number of carbonyl (C=O) groups is 1. The van der Waals surface area contributed by atoms with Crippen molar-refractivity contribution in [1.82, 2.24) is 24.8 Å². The maximum atomic E-state index is 12.9. The third-order valence-corrected chi connectivity index (χ3v) is 8.40. The molecule has 232 valence electrons. The fourth-order valence-electron chi connectivity index (χ4n) is 6.17. The summed E-state index contributed by atoms with van der Waals surface area (Å²) < 4.78 is 7.46. The van der Waals surface area contributed by atoms with Crippen LogP contribution in [0.4, 0.5) is 5.95 Å². The van der Waals surface area contributed by atoms with E-state index in [2.05, 4.69) is 68.8 Å². The summed E-state index contributed by atoms with van der Waals surface area (Å²) in [6, 6.07) is 18.7. The molecule has 1 fully saturated rings. The van der Waals surface area contributed by atoms with Gasteiger partial charge in [0.2, 0.25) is 11.9 Å². The SMILES string of the molecule is Nc1nc2c(ncn2[C@H]2C[C@H](OOC(CO)CCNC(=O)Cc3ccc4ccc5cccc6ccc3c4c56)[C@@H](CO)O2)c(=O)[nH]1. The first-order valence-corrected chi connectivity index (χ1v) is 14.8. The number of nitrogen functional groups attached to an aromatic ring is 1. The second-order valence-electron chi connectivity index (χ2n) is 11.3. The summed E-state index contributed by atoms with van der Waals surface area (Å²) in [5.41, 5.74) is 6.51. The fraction of sp³-hybridized carbons (Fsp3) is 0.312. The van der Waals surface area contributed by atoms with Gasteiger partial charge in [0, 0.05) is 13.0 Å². The minimum absolute atomic E-state index is 0.0594. The zero-order valence-corrected chi connectivity index (χ0v) is 24.2. The molecule has 1 amide bonds. The second-order valence-corrected chi connectivity index (χ2v) is 11.3. The summed E-state index contributed by atoms with van der Waals surface area (Å²) in [5, 5.41) is 29.6. The predicted octanol–water partition coefficient (Wildman–Crippen LogP) is 2.31. The number of aliphatic hydroxyl groups is 2. The molecule has 0 bridgehead atoms. The molecular formula is C32H32N6O7. The second kappa shape index (κ2) is 12.0. The molecule has 6 N–H and O–H groups in total. The maximum Gasteiger partial charge on any atom is 0.280 e. The Bertz CT molecular complexity index is 2040. The lowest BCUT2D eigenvalue weighted by Crippen LogP contribution is -2.33. The standard InChI is InChI=1S/C32H32N6O7/c33-32-36-30-29(31(42)37-32)35-16-38(30)26-13-23(24(15-40)43-26)45-44-21(14-39)10-11-34-25(41)12-20-7-6-19-5-4-17-2-1-3-18-8-9-22(20)28(19)27(17)18/h1-9,16,21,23-24,26,39-40H,10-15H2,(H,34,41)(H3,33,36,37,42)/t21?,23-,24+,26+/m0/s1. The molecule has 0 spiro atoms. The van der Waals surface area contributed by atoms with Crippen LogP contribution >= 0.6 is 0 Å². The number of aromatic amines is 1. The lowest BCUT2D eigenvalue weighted by Gasteiger charge is -2.20. The van der Waals surface area contributed by atoms with Gasteiger partial charge in [0.25, 0.3) is 5.56 Å². The average molecular weight is 613 g/mol. The van der Waals surface area contributed by atoms with Gasteiger partial charge in [-0.1, -0.05) is 54.6 Å². The number of aromatic nitrogens is 4. The van der Waals surface area contributed by atoms with Crippen LogP contribution in [0.1, 0.15) is 24.6 Å². The molecule has 1 aliphatic heterocycles. The van der Waals surface area contributed by atoms with Crippen LogP contribution in [0.15, 0.2) is 65.7 Å². The van der Waals surface area contributed by atoms with Crippen LogP contribution in [0.5, 0.6) is 0 Å². The van der Waals surface area contributed by atoms with Crippen molar-refractivity contribution in [3.63, 3.8) is 0 Å². The van der Waals surface area contributed by atoms with E-state index in [0.29, 0.717) is 6.42 Å². The third kappa shape index (κ3) is 5.45. The normalized spacial score (nSPS) is 19.3. The van der Waals surface area contributed by atoms with Crippen LogP contribution in [-0.2, 0) is 25.7 Å². The highest BCUT2D eigenvalue weighted by Crippen LogP contribution is 2.36. The lowest BCUT2D eigenvalue weighted by molar-refractivity contribution is -0.360. The van der Waals surface area contributed by atoms with Gasteiger partial charge in [-0.15, -0.1) is 0 Å². The molecular weight excluding hydrogens is 580 g/mol. The molecule has 1 unspecified atom stereocenters. The number of carbonyl (C=O) groups excluding carboxylic acids is 1. The Hall–Kier alpha value is -4.66. The number of hydrogen-bond donors (Lipinski definition) is 5. The molecule has 0 radical (unpaired) electrons. The minimum Gasteiger partial charge on any atom is -0.394 e. The summed E-state index contributed by atoms with van der Waals surface area (Å²) in [6.45, 7) is -0.435. The first-order chi connectivity index (χ1) is 21.9. The van der Waals surface area contributed by atoms with Gasteiger partial charge in [-0.25, -0.2) is 14.8 Å².